The maximum atomic E-state index is 13.7. The summed E-state index contributed by atoms with van der Waals surface area (Å²) in [4.78, 5) is 72.2. The first kappa shape index (κ1) is 100. The van der Waals surface area contributed by atoms with E-state index in [2.05, 4.69) is 58.9 Å². The van der Waals surface area contributed by atoms with Gasteiger partial charge in [-0.25, -0.2) is 9.97 Å². The van der Waals surface area contributed by atoms with Crippen molar-refractivity contribution in [2.45, 2.75) is 439 Å². The Balaban J connectivity index is 1.29. The second kappa shape index (κ2) is 70.5. The molecular weight excluding hydrogens is 1440 g/mol. The van der Waals surface area contributed by atoms with Gasteiger partial charge in [0.15, 0.2) is 49.4 Å². The highest BCUT2D eigenvalue weighted by molar-refractivity contribution is 5.89. The van der Waals surface area contributed by atoms with Crippen molar-refractivity contribution in [3.63, 3.8) is 0 Å². The molecule has 16 heteroatoms. The summed E-state index contributed by atoms with van der Waals surface area (Å²) in [5, 5.41) is 12.4. The number of amides is 4. The van der Waals surface area contributed by atoms with Crippen molar-refractivity contribution in [3.05, 3.63) is 47.0 Å². The summed E-state index contributed by atoms with van der Waals surface area (Å²) < 4.78 is 26.2. The zero-order valence-electron chi connectivity index (χ0n) is 74.7. The fraction of sp³-hybridized carbons (Fsp3) is 0.760. The van der Waals surface area contributed by atoms with Crippen LogP contribution in [0.1, 0.15) is 461 Å². The summed E-state index contributed by atoms with van der Waals surface area (Å²) in [6.45, 7) is 10.3. The molecule has 3 aromatic heterocycles. The van der Waals surface area contributed by atoms with Crippen LogP contribution in [0.2, 0.25) is 0 Å². The Bertz CT molecular complexity index is 2800. The van der Waals surface area contributed by atoms with Crippen LogP contribution in [0, 0.1) is 0 Å². The minimum absolute atomic E-state index is 0.249. The number of unbranched alkanes of at least 4 members (excludes halogenated alkanes) is 60. The van der Waals surface area contributed by atoms with E-state index in [0.29, 0.717) is 94.0 Å². The topological polar surface area (TPSA) is 211 Å². The van der Waals surface area contributed by atoms with Gasteiger partial charge in [-0.05, 0) is 74.3 Å². The number of hydrogen-bond acceptors (Lipinski definition) is 10. The Labute approximate surface area is 706 Å². The van der Waals surface area contributed by atoms with E-state index in [0.717, 1.165) is 77.0 Å². The van der Waals surface area contributed by atoms with Gasteiger partial charge in [0.05, 0.1) is 22.1 Å². The molecule has 658 valence electrons. The molecule has 3 aromatic rings. The van der Waals surface area contributed by atoms with Gasteiger partial charge in [-0.2, -0.15) is 0 Å². The summed E-state index contributed by atoms with van der Waals surface area (Å²) in [6, 6.07) is 7.38. The highest BCUT2D eigenvalue weighted by Gasteiger charge is 2.21. The second-order valence-electron chi connectivity index (χ2n) is 34.1. The summed E-state index contributed by atoms with van der Waals surface area (Å²) in [7, 11) is 0. The first-order valence-corrected chi connectivity index (χ1v) is 49.0. The van der Waals surface area contributed by atoms with Gasteiger partial charge < -0.3 is 50.2 Å². The lowest BCUT2D eigenvalue weighted by molar-refractivity contribution is -0.123. The number of ether oxygens (including phenoxy) is 4. The number of carbonyl (C=O) groups is 4. The van der Waals surface area contributed by atoms with E-state index in [1.165, 1.54) is 334 Å². The molecule has 0 radical (unpaired) electrons. The van der Waals surface area contributed by atoms with Crippen molar-refractivity contribution in [3.8, 4) is 23.0 Å². The summed E-state index contributed by atoms with van der Waals surface area (Å²) in [6.07, 6.45) is 89.3. The van der Waals surface area contributed by atoms with Gasteiger partial charge in [-0.15, -0.1) is 0 Å². The maximum Gasteiger partial charge on any atom is 0.257 e. The van der Waals surface area contributed by atoms with Gasteiger partial charge >= 0.3 is 0 Å². The lowest BCUT2D eigenvalue weighted by atomic mass is 10.0. The minimum Gasteiger partial charge on any atom is -0.479 e. The largest absolute Gasteiger partial charge is 0.479 e. The molecule has 4 amide bonds. The first-order chi connectivity index (χ1) is 57.2. The minimum atomic E-state index is -0.270. The van der Waals surface area contributed by atoms with Crippen molar-refractivity contribution >= 4 is 70.0 Å². The average molecular weight is 1610 g/mol. The Hall–Kier alpha value is -6.32. The molecule has 2 aliphatic rings. The molecule has 16 nitrogen and oxygen atoms in total. The van der Waals surface area contributed by atoms with Crippen LogP contribution in [0.4, 0.5) is 0 Å². The van der Waals surface area contributed by atoms with Crippen molar-refractivity contribution < 1.29 is 38.1 Å². The zero-order chi connectivity index (χ0) is 82.3. The quantitative estimate of drug-likeness (QED) is 0.0203. The molecule has 2 aliphatic heterocycles. The number of H-pyrrole nitrogens is 2. The van der Waals surface area contributed by atoms with Gasteiger partial charge in [0, 0.05) is 26.2 Å². The van der Waals surface area contributed by atoms with Crippen LogP contribution < -0.4 is 40.2 Å². The number of hydrogen-bond donors (Lipinski definition) is 6. The number of aromatic nitrogens is 4. The maximum absolute atomic E-state index is 13.7. The molecule has 0 aromatic carbocycles. The van der Waals surface area contributed by atoms with E-state index >= 15 is 0 Å². The SMILES string of the molecule is CCCCCCCCCCCCCCCCCCNC(=O)COc1c2nc(c(OCC(=O)NCCCCCCCCCCCCCCCCCC)c3ccc([nH]3)c(OCC(=O)NCCCCCCCCCCCCCCCCCC)c3nc(c(OCC(=O)NCCCCCCCCCCCCCCCCCC)c4ccc1[nH]4)C=C3)C=C2. The van der Waals surface area contributed by atoms with E-state index in [1.807, 2.05) is 48.6 Å². The fourth-order valence-corrected chi connectivity index (χ4v) is 16.1. The summed E-state index contributed by atoms with van der Waals surface area (Å²) >= 11 is 0. The smallest absolute Gasteiger partial charge is 0.257 e. The molecule has 0 fully saturated rings. The molecule has 116 heavy (non-hydrogen) atoms. The highest BCUT2D eigenvalue weighted by atomic mass is 16.5. The van der Waals surface area contributed by atoms with Crippen LogP contribution in [0.5, 0.6) is 23.0 Å². The van der Waals surface area contributed by atoms with Crippen LogP contribution in [0.15, 0.2) is 24.3 Å². The van der Waals surface area contributed by atoms with Crippen molar-refractivity contribution in [2.24, 2.45) is 0 Å². The molecule has 0 saturated carbocycles. The number of nitrogens with zero attached hydrogens (tertiary/aromatic N) is 2. The summed E-state index contributed by atoms with van der Waals surface area (Å²) in [5.41, 5.74) is 3.67. The lowest BCUT2D eigenvalue weighted by Crippen LogP contribution is -2.30. The van der Waals surface area contributed by atoms with Crippen molar-refractivity contribution in [1.82, 2.24) is 41.2 Å². The number of aromatic amines is 2. The highest BCUT2D eigenvalue weighted by Crippen LogP contribution is 2.37. The molecule has 0 saturated heterocycles. The van der Waals surface area contributed by atoms with E-state index in [-0.39, 0.29) is 50.1 Å². The number of carbonyl (C=O) groups excluding carboxylic acids is 4. The van der Waals surface area contributed by atoms with Crippen molar-refractivity contribution in [2.75, 3.05) is 52.6 Å². The van der Waals surface area contributed by atoms with Crippen LogP contribution >= 0.6 is 0 Å². The third kappa shape index (κ3) is 49.3. The Morgan fingerprint density at radius 2 is 0.362 bits per heavy atom. The predicted octanol–water partition coefficient (Wildman–Crippen LogP) is 27.7. The second-order valence-corrected chi connectivity index (χ2v) is 34.1. The van der Waals surface area contributed by atoms with Gasteiger partial charge in [0.2, 0.25) is 0 Å². The molecule has 0 atom stereocenters. The van der Waals surface area contributed by atoms with E-state index in [9.17, 15) is 19.2 Å². The molecular formula is C100H170N8O8. The molecule has 0 unspecified atom stereocenters. The van der Waals surface area contributed by atoms with E-state index < -0.39 is 0 Å². The zero-order valence-corrected chi connectivity index (χ0v) is 74.7. The standard InChI is InChI=1S/C100H170N8O8/c1-5-9-13-17-21-25-29-33-37-41-45-49-53-57-61-65-77-101-93(109)81-113-97-85-69-71-87(105-85)98(114-82-94(110)102-78-66-62-58-54-50-46-42-38-34-30-26-22-18-14-10-6-2)89-73-75-91(107-89)100(116-84-96(112)104-80-68-64-60-56-52-48-44-40-36-32-28-24-20-16-12-8-4)92-76-74-90(108-92)99(88-72-70-86(97)106-88)115-83-95(111)103-79-67-63-59-55-51-47-43-39-35-31-27-23-19-15-11-7-3/h69-76,105,108H,5-68,77-84H2,1-4H3,(H,101,109)(H,102,110)(H,103,111)(H,104,112). The average Bonchev–Trinajstić information content (AvgIpc) is 1.64. The van der Waals surface area contributed by atoms with Gasteiger partial charge in [-0.1, -0.05) is 413 Å². The lowest BCUT2D eigenvalue weighted by Gasteiger charge is -2.10. The molecule has 5 rings (SSSR count). The van der Waals surface area contributed by atoms with E-state index in [4.69, 9.17) is 28.9 Å². The molecule has 0 spiro atoms. The molecule has 6 N–H and O–H groups in total. The first-order valence-electron chi connectivity index (χ1n) is 49.0. The number of fused-ring (bicyclic) bond motifs is 8. The van der Waals surface area contributed by atoms with Crippen LogP contribution in [0.25, 0.3) is 46.4 Å². The van der Waals surface area contributed by atoms with Crippen LogP contribution in [-0.2, 0) is 19.2 Å². The molecule has 5 heterocycles. The third-order valence-electron chi connectivity index (χ3n) is 23.4. The Morgan fingerprint density at radius 1 is 0.224 bits per heavy atom. The van der Waals surface area contributed by atoms with Gasteiger partial charge in [0.25, 0.3) is 23.6 Å². The Morgan fingerprint density at radius 3 is 0.509 bits per heavy atom. The summed E-state index contributed by atoms with van der Waals surface area (Å²) in [5.74, 6) is 0.224. The molecule has 8 bridgehead atoms. The normalized spacial score (nSPS) is 11.8. The number of rotatable bonds is 80. The fourth-order valence-electron chi connectivity index (χ4n) is 16.1. The number of nitrogens with one attached hydrogen (secondary N) is 6. The van der Waals surface area contributed by atoms with Crippen molar-refractivity contribution in [1.29, 1.82) is 0 Å². The van der Waals surface area contributed by atoms with Crippen LogP contribution in [0.3, 0.4) is 0 Å². The van der Waals surface area contributed by atoms with E-state index in [1.54, 1.807) is 0 Å². The monoisotopic (exact) mass is 1610 g/mol. The Kier molecular flexibility index (Phi) is 60.9. The van der Waals surface area contributed by atoms with Crippen LogP contribution in [-0.4, -0.2) is 96.2 Å². The molecule has 0 aliphatic carbocycles. The van der Waals surface area contributed by atoms with Gasteiger partial charge in [-0.3, -0.25) is 19.2 Å². The third-order valence-corrected chi connectivity index (χ3v) is 23.4. The van der Waals surface area contributed by atoms with Gasteiger partial charge in [0.1, 0.15) is 22.8 Å². The predicted molar refractivity (Wildman–Crippen MR) is 491 cm³/mol.